The molecule has 5 nitrogen and oxygen atoms in total. The molecule has 0 atom stereocenters. The molecule has 0 saturated heterocycles. The fourth-order valence-electron chi connectivity index (χ4n) is 2.19. The number of thioether (sulfide) groups is 1. The van der Waals surface area contributed by atoms with Gasteiger partial charge in [-0.15, -0.1) is 0 Å². The van der Waals surface area contributed by atoms with Gasteiger partial charge in [-0.1, -0.05) is 17.8 Å². The largest absolute Gasteiger partial charge is 0.477 e. The molecule has 6 heteroatoms. The first-order valence-corrected chi connectivity index (χ1v) is 7.47. The van der Waals surface area contributed by atoms with Gasteiger partial charge in [0.2, 0.25) is 5.88 Å². The summed E-state index contributed by atoms with van der Waals surface area (Å²) in [5.74, 6) is 0.646. The van der Waals surface area contributed by atoms with Gasteiger partial charge in [-0.25, -0.2) is 4.98 Å². The zero-order valence-electron chi connectivity index (χ0n) is 11.1. The van der Waals surface area contributed by atoms with Crippen LogP contribution in [0.2, 0.25) is 0 Å². The van der Waals surface area contributed by atoms with Crippen molar-refractivity contribution in [3.8, 4) is 5.88 Å². The molecule has 0 bridgehead atoms. The lowest BCUT2D eigenvalue weighted by Gasteiger charge is -2.08. The molecule has 2 aromatic heterocycles. The average molecular weight is 290 g/mol. The maximum absolute atomic E-state index is 11.5. The molecule has 0 aliphatic carbocycles. The second kappa shape index (κ2) is 5.66. The van der Waals surface area contributed by atoms with E-state index in [1.807, 2.05) is 12.1 Å². The molecule has 0 amide bonds. The lowest BCUT2D eigenvalue weighted by molar-refractivity contribution is -0.139. The second-order valence-corrected chi connectivity index (χ2v) is 5.26. The third-order valence-electron chi connectivity index (χ3n) is 3.02. The standard InChI is InChI=1S/C14H14N2O3S/c1-2-18-11(17)8-20-14-12-9(4-3-6-15-12)10-5-7-19-13(10)16-14/h3-4,6H,2,5,7-8H2,1H3. The molecule has 0 unspecified atom stereocenters. The van der Waals surface area contributed by atoms with Gasteiger partial charge in [0.05, 0.1) is 19.0 Å². The molecule has 0 spiro atoms. The molecule has 0 N–H and O–H groups in total. The van der Waals surface area contributed by atoms with Crippen molar-refractivity contribution >= 4 is 28.6 Å². The molecule has 2 aromatic rings. The Hall–Kier alpha value is -1.82. The average Bonchev–Trinajstić information content (AvgIpc) is 2.93. The normalized spacial score (nSPS) is 13.1. The van der Waals surface area contributed by atoms with Crippen LogP contribution in [0, 0.1) is 0 Å². The molecule has 1 aliphatic rings. The van der Waals surface area contributed by atoms with Gasteiger partial charge in [0, 0.05) is 23.6 Å². The fourth-order valence-corrected chi connectivity index (χ4v) is 2.97. The molecule has 3 rings (SSSR count). The summed E-state index contributed by atoms with van der Waals surface area (Å²) in [5.41, 5.74) is 1.93. The van der Waals surface area contributed by atoms with Crippen molar-refractivity contribution < 1.29 is 14.3 Å². The van der Waals surface area contributed by atoms with Crippen LogP contribution in [0.25, 0.3) is 10.9 Å². The van der Waals surface area contributed by atoms with Gasteiger partial charge in [-0.2, -0.15) is 0 Å². The number of hydrogen-bond donors (Lipinski definition) is 0. The number of hydrogen-bond acceptors (Lipinski definition) is 6. The summed E-state index contributed by atoms with van der Waals surface area (Å²) in [6.45, 7) is 2.83. The number of ether oxygens (including phenoxy) is 2. The number of pyridine rings is 2. The molecular weight excluding hydrogens is 276 g/mol. The van der Waals surface area contributed by atoms with Crippen LogP contribution in [-0.2, 0) is 16.0 Å². The summed E-state index contributed by atoms with van der Waals surface area (Å²) >= 11 is 1.34. The predicted molar refractivity (Wildman–Crippen MR) is 76.1 cm³/mol. The van der Waals surface area contributed by atoms with E-state index in [1.54, 1.807) is 13.1 Å². The van der Waals surface area contributed by atoms with E-state index in [4.69, 9.17) is 9.47 Å². The maximum Gasteiger partial charge on any atom is 0.316 e. The van der Waals surface area contributed by atoms with E-state index in [-0.39, 0.29) is 11.7 Å². The fraction of sp³-hybridized carbons (Fsp3) is 0.357. The summed E-state index contributed by atoms with van der Waals surface area (Å²) in [7, 11) is 0. The Balaban J connectivity index is 1.95. The number of esters is 1. The van der Waals surface area contributed by atoms with Crippen molar-refractivity contribution in [1.82, 2.24) is 9.97 Å². The van der Waals surface area contributed by atoms with E-state index >= 15 is 0 Å². The van der Waals surface area contributed by atoms with E-state index in [0.29, 0.717) is 24.1 Å². The van der Waals surface area contributed by atoms with Crippen LogP contribution in [-0.4, -0.2) is 34.9 Å². The van der Waals surface area contributed by atoms with Crippen LogP contribution in [0.3, 0.4) is 0 Å². The first kappa shape index (κ1) is 13.2. The third kappa shape index (κ3) is 2.43. The molecule has 0 aromatic carbocycles. The summed E-state index contributed by atoms with van der Waals surface area (Å²) in [5, 5.41) is 1.77. The van der Waals surface area contributed by atoms with Crippen molar-refractivity contribution in [2.75, 3.05) is 19.0 Å². The Morgan fingerprint density at radius 3 is 3.30 bits per heavy atom. The monoisotopic (exact) mass is 290 g/mol. The Morgan fingerprint density at radius 1 is 1.55 bits per heavy atom. The van der Waals surface area contributed by atoms with Crippen LogP contribution in [0.4, 0.5) is 0 Å². The van der Waals surface area contributed by atoms with Crippen molar-refractivity contribution in [2.45, 2.75) is 18.4 Å². The highest BCUT2D eigenvalue weighted by molar-refractivity contribution is 8.00. The highest BCUT2D eigenvalue weighted by Crippen LogP contribution is 2.35. The van der Waals surface area contributed by atoms with E-state index in [0.717, 1.165) is 22.9 Å². The quantitative estimate of drug-likeness (QED) is 0.635. The molecule has 0 fully saturated rings. The van der Waals surface area contributed by atoms with Gasteiger partial charge in [0.1, 0.15) is 10.5 Å². The van der Waals surface area contributed by atoms with Gasteiger partial charge in [-0.3, -0.25) is 9.78 Å². The molecule has 0 saturated carbocycles. The minimum absolute atomic E-state index is 0.227. The number of carbonyl (C=O) groups is 1. The van der Waals surface area contributed by atoms with E-state index in [1.165, 1.54) is 11.8 Å². The number of aromatic nitrogens is 2. The molecule has 3 heterocycles. The second-order valence-electron chi connectivity index (χ2n) is 4.29. The van der Waals surface area contributed by atoms with Crippen molar-refractivity contribution in [3.63, 3.8) is 0 Å². The maximum atomic E-state index is 11.5. The zero-order chi connectivity index (χ0) is 13.9. The van der Waals surface area contributed by atoms with E-state index < -0.39 is 0 Å². The SMILES string of the molecule is CCOC(=O)CSc1nc2c(c3cccnc13)CCO2. The van der Waals surface area contributed by atoms with Gasteiger partial charge in [-0.05, 0) is 13.0 Å². The topological polar surface area (TPSA) is 61.3 Å². The van der Waals surface area contributed by atoms with Gasteiger partial charge < -0.3 is 9.47 Å². The van der Waals surface area contributed by atoms with Gasteiger partial charge in [0.15, 0.2) is 0 Å². The molecule has 20 heavy (non-hydrogen) atoms. The minimum Gasteiger partial charge on any atom is -0.477 e. The lowest BCUT2D eigenvalue weighted by atomic mass is 10.1. The molecule has 104 valence electrons. The Labute approximate surface area is 120 Å². The van der Waals surface area contributed by atoms with Crippen LogP contribution < -0.4 is 4.74 Å². The Kier molecular flexibility index (Phi) is 3.73. The van der Waals surface area contributed by atoms with Crippen LogP contribution in [0.5, 0.6) is 5.88 Å². The van der Waals surface area contributed by atoms with Crippen LogP contribution in [0.15, 0.2) is 23.4 Å². The predicted octanol–water partition coefficient (Wildman–Crippen LogP) is 2.22. The molecule has 1 aliphatic heterocycles. The Morgan fingerprint density at radius 2 is 2.45 bits per heavy atom. The first-order valence-electron chi connectivity index (χ1n) is 6.48. The third-order valence-corrected chi connectivity index (χ3v) is 3.96. The lowest BCUT2D eigenvalue weighted by Crippen LogP contribution is -2.07. The highest BCUT2D eigenvalue weighted by atomic mass is 32.2. The number of carbonyl (C=O) groups excluding carboxylic acids is 1. The minimum atomic E-state index is -0.246. The van der Waals surface area contributed by atoms with Crippen molar-refractivity contribution in [1.29, 1.82) is 0 Å². The zero-order valence-corrected chi connectivity index (χ0v) is 11.9. The van der Waals surface area contributed by atoms with Crippen LogP contribution in [0.1, 0.15) is 12.5 Å². The Bertz CT molecular complexity index is 660. The smallest absolute Gasteiger partial charge is 0.316 e. The van der Waals surface area contributed by atoms with E-state index in [2.05, 4.69) is 9.97 Å². The summed E-state index contributed by atoms with van der Waals surface area (Å²) in [6, 6.07) is 3.92. The van der Waals surface area contributed by atoms with Crippen LogP contribution >= 0.6 is 11.8 Å². The van der Waals surface area contributed by atoms with E-state index in [9.17, 15) is 4.79 Å². The van der Waals surface area contributed by atoms with Gasteiger partial charge >= 0.3 is 5.97 Å². The molecule has 0 radical (unpaired) electrons. The number of rotatable bonds is 4. The first-order chi connectivity index (χ1) is 9.79. The summed E-state index contributed by atoms with van der Waals surface area (Å²) in [6.07, 6.45) is 2.59. The highest BCUT2D eigenvalue weighted by Gasteiger charge is 2.21. The molecular formula is C14H14N2O3S. The van der Waals surface area contributed by atoms with Gasteiger partial charge in [0.25, 0.3) is 0 Å². The van der Waals surface area contributed by atoms with Crippen molar-refractivity contribution in [2.24, 2.45) is 0 Å². The van der Waals surface area contributed by atoms with Crippen molar-refractivity contribution in [3.05, 3.63) is 23.9 Å². The number of fused-ring (bicyclic) bond motifs is 3. The number of nitrogens with zero attached hydrogens (tertiary/aromatic N) is 2. The summed E-state index contributed by atoms with van der Waals surface area (Å²) in [4.78, 5) is 20.3. The summed E-state index contributed by atoms with van der Waals surface area (Å²) < 4.78 is 10.5.